The molecule has 464 valence electrons. The van der Waals surface area contributed by atoms with Crippen molar-refractivity contribution in [3.05, 3.63) is 72.9 Å². The van der Waals surface area contributed by atoms with Gasteiger partial charge in [-0.05, 0) is 96.3 Å². The molecule has 0 rings (SSSR count). The van der Waals surface area contributed by atoms with E-state index in [9.17, 15) is 14.4 Å². The lowest BCUT2D eigenvalue weighted by atomic mass is 10.0. The lowest BCUT2D eigenvalue weighted by Crippen LogP contribution is -2.30. The molecule has 0 amide bonds. The van der Waals surface area contributed by atoms with Gasteiger partial charge in [0, 0.05) is 19.3 Å². The topological polar surface area (TPSA) is 78.9 Å². The van der Waals surface area contributed by atoms with Gasteiger partial charge >= 0.3 is 17.9 Å². The molecule has 0 aromatic carbocycles. The second-order valence-electron chi connectivity index (χ2n) is 23.4. The summed E-state index contributed by atoms with van der Waals surface area (Å²) in [5, 5.41) is 0. The van der Waals surface area contributed by atoms with Gasteiger partial charge in [0.15, 0.2) is 6.10 Å². The van der Waals surface area contributed by atoms with E-state index in [1.165, 1.54) is 238 Å². The van der Waals surface area contributed by atoms with Crippen LogP contribution in [-0.4, -0.2) is 37.2 Å². The number of hydrogen-bond donors (Lipinski definition) is 0. The van der Waals surface area contributed by atoms with Crippen molar-refractivity contribution in [2.24, 2.45) is 0 Å². The fourth-order valence-corrected chi connectivity index (χ4v) is 10.2. The van der Waals surface area contributed by atoms with Crippen LogP contribution < -0.4 is 0 Å². The highest BCUT2D eigenvalue weighted by Gasteiger charge is 2.19. The molecule has 0 bridgehead atoms. The van der Waals surface area contributed by atoms with Gasteiger partial charge < -0.3 is 14.2 Å². The van der Waals surface area contributed by atoms with Crippen LogP contribution in [0.25, 0.3) is 0 Å². The number of unbranched alkanes of at least 4 members (excludes halogenated alkanes) is 41. The molecule has 1 atom stereocenters. The number of carbonyl (C=O) groups excluding carboxylic acids is 3. The molecule has 0 heterocycles. The van der Waals surface area contributed by atoms with Gasteiger partial charge in [0.1, 0.15) is 13.2 Å². The van der Waals surface area contributed by atoms with Crippen LogP contribution in [0.1, 0.15) is 361 Å². The Morgan fingerprint density at radius 2 is 0.450 bits per heavy atom. The first-order valence-electron chi connectivity index (χ1n) is 34.9. The monoisotopic (exact) mass is 1120 g/mol. The number of hydrogen-bond acceptors (Lipinski definition) is 6. The van der Waals surface area contributed by atoms with Crippen LogP contribution in [0.2, 0.25) is 0 Å². The van der Waals surface area contributed by atoms with Crippen molar-refractivity contribution >= 4 is 17.9 Å². The molecule has 0 aliphatic rings. The molecular weight excluding hydrogens is 985 g/mol. The number of rotatable bonds is 64. The molecule has 0 aromatic heterocycles. The average Bonchev–Trinajstić information content (AvgIpc) is 3.46. The summed E-state index contributed by atoms with van der Waals surface area (Å²) in [7, 11) is 0. The van der Waals surface area contributed by atoms with Crippen molar-refractivity contribution in [3.8, 4) is 0 Å². The second-order valence-corrected chi connectivity index (χ2v) is 23.4. The first-order chi connectivity index (χ1) is 39.5. The highest BCUT2D eigenvalue weighted by molar-refractivity contribution is 5.71. The van der Waals surface area contributed by atoms with E-state index >= 15 is 0 Å². The molecule has 6 nitrogen and oxygen atoms in total. The Balaban J connectivity index is 4.12. The molecule has 1 unspecified atom stereocenters. The fraction of sp³-hybridized carbons (Fsp3) is 0.797. The lowest BCUT2D eigenvalue weighted by Gasteiger charge is -2.18. The quantitative estimate of drug-likeness (QED) is 0.0261. The Kier molecular flexibility index (Phi) is 65.7. The SMILES string of the molecule is CCCCCCC/C=C\C/C=C\C/C=C\CCCCCCCCCCCCCCCCC(=O)OCC(COC(=O)CCCCCCCCCC)OC(=O)CCCCCCCCCCCC/C=C\C/C=C\C/C=C\CCCCCCC. The van der Waals surface area contributed by atoms with Crippen molar-refractivity contribution in [2.75, 3.05) is 13.2 Å². The number of esters is 3. The first-order valence-corrected chi connectivity index (χ1v) is 34.9. The Morgan fingerprint density at radius 3 is 0.700 bits per heavy atom. The number of ether oxygens (including phenoxy) is 3. The zero-order chi connectivity index (χ0) is 57.8. The van der Waals surface area contributed by atoms with Gasteiger partial charge in [-0.1, -0.05) is 318 Å². The van der Waals surface area contributed by atoms with Crippen molar-refractivity contribution in [1.82, 2.24) is 0 Å². The van der Waals surface area contributed by atoms with Crippen molar-refractivity contribution in [2.45, 2.75) is 367 Å². The molecule has 80 heavy (non-hydrogen) atoms. The van der Waals surface area contributed by atoms with Crippen LogP contribution in [0.4, 0.5) is 0 Å². The summed E-state index contributed by atoms with van der Waals surface area (Å²) < 4.78 is 16.9. The molecule has 0 saturated carbocycles. The van der Waals surface area contributed by atoms with Gasteiger partial charge in [0.05, 0.1) is 0 Å². The third-order valence-corrected chi connectivity index (χ3v) is 15.4. The second kappa shape index (κ2) is 68.3. The molecule has 0 saturated heterocycles. The van der Waals surface area contributed by atoms with Crippen molar-refractivity contribution < 1.29 is 28.6 Å². The highest BCUT2D eigenvalue weighted by Crippen LogP contribution is 2.17. The summed E-state index contributed by atoms with van der Waals surface area (Å²) in [6.45, 7) is 6.63. The van der Waals surface area contributed by atoms with Crippen LogP contribution in [0.3, 0.4) is 0 Å². The van der Waals surface area contributed by atoms with E-state index in [-0.39, 0.29) is 31.1 Å². The standard InChI is InChI=1S/C74H132O6/c1-4-7-10-13-16-19-21-23-25-27-29-31-33-35-36-37-38-40-41-43-45-47-49-51-53-55-58-61-64-67-73(76)79-70-71(69-78-72(75)66-63-60-57-18-15-12-9-6-3)80-74(77)68-65-62-59-56-54-52-50-48-46-44-42-39-34-32-30-28-26-24-22-20-17-14-11-8-5-2/h21-24,27-30,33-35,39,71H,4-20,25-26,31-32,36-38,40-70H2,1-3H3/b23-21-,24-22-,29-27-,30-28-,35-33-,39-34-. The molecular formula is C74H132O6. The van der Waals surface area contributed by atoms with E-state index in [1.807, 2.05) is 0 Å². The summed E-state index contributed by atoms with van der Waals surface area (Å²) in [4.78, 5) is 38.2. The Morgan fingerprint density at radius 1 is 0.250 bits per heavy atom. The van der Waals surface area contributed by atoms with Gasteiger partial charge in [-0.15, -0.1) is 0 Å². The van der Waals surface area contributed by atoms with Crippen LogP contribution in [0.15, 0.2) is 72.9 Å². The van der Waals surface area contributed by atoms with Gasteiger partial charge in [-0.3, -0.25) is 14.4 Å². The number of carbonyl (C=O) groups is 3. The normalized spacial score (nSPS) is 12.5. The van der Waals surface area contributed by atoms with Crippen molar-refractivity contribution in [1.29, 1.82) is 0 Å². The Bertz CT molecular complexity index is 1470. The zero-order valence-corrected chi connectivity index (χ0v) is 53.3. The third-order valence-electron chi connectivity index (χ3n) is 15.4. The molecule has 0 aliphatic heterocycles. The molecule has 0 aliphatic carbocycles. The maximum atomic E-state index is 12.9. The van der Waals surface area contributed by atoms with Crippen LogP contribution in [0, 0.1) is 0 Å². The Labute approximate surface area is 497 Å². The predicted molar refractivity (Wildman–Crippen MR) is 348 cm³/mol. The van der Waals surface area contributed by atoms with Gasteiger partial charge in [0.2, 0.25) is 0 Å². The molecule has 0 radical (unpaired) electrons. The zero-order valence-electron chi connectivity index (χ0n) is 53.3. The largest absolute Gasteiger partial charge is 0.462 e. The maximum Gasteiger partial charge on any atom is 0.306 e. The number of allylic oxidation sites excluding steroid dienone is 12. The minimum absolute atomic E-state index is 0.0738. The predicted octanol–water partition coefficient (Wildman–Crippen LogP) is 24.1. The van der Waals surface area contributed by atoms with Crippen LogP contribution in [0.5, 0.6) is 0 Å². The minimum atomic E-state index is -0.776. The lowest BCUT2D eigenvalue weighted by molar-refractivity contribution is -0.167. The summed E-state index contributed by atoms with van der Waals surface area (Å²) >= 11 is 0. The van der Waals surface area contributed by atoms with E-state index in [2.05, 4.69) is 93.7 Å². The van der Waals surface area contributed by atoms with E-state index < -0.39 is 6.10 Å². The van der Waals surface area contributed by atoms with Gasteiger partial charge in [0.25, 0.3) is 0 Å². The smallest absolute Gasteiger partial charge is 0.306 e. The van der Waals surface area contributed by atoms with E-state index in [0.717, 1.165) is 83.5 Å². The summed E-state index contributed by atoms with van der Waals surface area (Å²) in [6, 6.07) is 0. The van der Waals surface area contributed by atoms with Gasteiger partial charge in [-0.25, -0.2) is 0 Å². The van der Waals surface area contributed by atoms with E-state index in [0.29, 0.717) is 19.3 Å². The molecule has 0 spiro atoms. The van der Waals surface area contributed by atoms with E-state index in [4.69, 9.17) is 14.2 Å². The molecule has 0 fully saturated rings. The minimum Gasteiger partial charge on any atom is -0.462 e. The fourth-order valence-electron chi connectivity index (χ4n) is 10.2. The summed E-state index contributed by atoms with van der Waals surface area (Å²) in [5.41, 5.74) is 0. The molecule has 0 N–H and O–H groups in total. The summed E-state index contributed by atoms with van der Waals surface area (Å²) in [5.74, 6) is -0.865. The molecule has 0 aromatic rings. The van der Waals surface area contributed by atoms with E-state index in [1.54, 1.807) is 0 Å². The summed E-state index contributed by atoms with van der Waals surface area (Å²) in [6.07, 6.45) is 89.4. The Hall–Kier alpha value is -3.15. The van der Waals surface area contributed by atoms with Crippen LogP contribution in [-0.2, 0) is 28.6 Å². The maximum absolute atomic E-state index is 12.9. The first kappa shape index (κ1) is 76.9. The van der Waals surface area contributed by atoms with Crippen LogP contribution >= 0.6 is 0 Å². The van der Waals surface area contributed by atoms with Crippen molar-refractivity contribution in [3.63, 3.8) is 0 Å². The van der Waals surface area contributed by atoms with Gasteiger partial charge in [-0.2, -0.15) is 0 Å². The highest BCUT2D eigenvalue weighted by atomic mass is 16.6. The third kappa shape index (κ3) is 65.7. The molecule has 6 heteroatoms. The average molecular weight is 1120 g/mol.